The molecule has 1 aromatic heterocycles. The van der Waals surface area contributed by atoms with Gasteiger partial charge in [-0.25, -0.2) is 9.97 Å². The molecular formula is C11H17N3O2S. The van der Waals surface area contributed by atoms with Gasteiger partial charge in [-0.05, 0) is 26.5 Å². The van der Waals surface area contributed by atoms with Crippen molar-refractivity contribution in [1.82, 2.24) is 15.3 Å². The summed E-state index contributed by atoms with van der Waals surface area (Å²) in [5.41, 5.74) is -0.656. The summed E-state index contributed by atoms with van der Waals surface area (Å²) in [6, 6.07) is 1.77. The molecule has 1 N–H and O–H groups in total. The molecule has 0 aliphatic heterocycles. The van der Waals surface area contributed by atoms with Gasteiger partial charge < -0.3 is 10.1 Å². The zero-order valence-corrected chi connectivity index (χ0v) is 11.1. The second-order valence-electron chi connectivity index (χ2n) is 3.70. The fourth-order valence-corrected chi connectivity index (χ4v) is 2.22. The Hall–Kier alpha value is -1.14. The third-order valence-corrected chi connectivity index (χ3v) is 3.44. The number of likely N-dealkylation sites (N-methyl/N-ethyl adjacent to an activating group) is 1. The van der Waals surface area contributed by atoms with Gasteiger partial charge in [0, 0.05) is 18.1 Å². The third-order valence-electron chi connectivity index (χ3n) is 2.56. The molecule has 1 rings (SSSR count). The molecule has 0 amide bonds. The Bertz CT molecular complexity index is 361. The van der Waals surface area contributed by atoms with Crippen molar-refractivity contribution in [2.45, 2.75) is 24.0 Å². The maximum Gasteiger partial charge on any atom is 0.325 e. The zero-order valence-electron chi connectivity index (χ0n) is 10.3. The third kappa shape index (κ3) is 3.98. The largest absolute Gasteiger partial charge is 0.468 e. The molecule has 0 spiro atoms. The lowest BCUT2D eigenvalue weighted by molar-refractivity contribution is -0.147. The van der Waals surface area contributed by atoms with Crippen molar-refractivity contribution in [3.63, 3.8) is 0 Å². The number of hydrogen-bond acceptors (Lipinski definition) is 6. The van der Waals surface area contributed by atoms with Gasteiger partial charge in [0.15, 0.2) is 5.16 Å². The molecule has 6 heteroatoms. The number of nitrogens with zero attached hydrogens (tertiary/aromatic N) is 2. The van der Waals surface area contributed by atoms with Crippen LogP contribution in [-0.2, 0) is 9.53 Å². The highest BCUT2D eigenvalue weighted by molar-refractivity contribution is 7.99. The van der Waals surface area contributed by atoms with Gasteiger partial charge in [-0.1, -0.05) is 11.8 Å². The van der Waals surface area contributed by atoms with Crippen molar-refractivity contribution in [2.75, 3.05) is 19.9 Å². The predicted octanol–water partition coefficient (Wildman–Crippen LogP) is 1.11. The number of rotatable bonds is 6. The molecule has 5 nitrogen and oxygen atoms in total. The van der Waals surface area contributed by atoms with Crippen LogP contribution in [0.4, 0.5) is 0 Å². The van der Waals surface area contributed by atoms with Crippen LogP contribution in [0.2, 0.25) is 0 Å². The molecule has 0 saturated carbocycles. The number of hydrogen-bond donors (Lipinski definition) is 1. The number of carbonyl (C=O) groups excluding carboxylic acids is 1. The van der Waals surface area contributed by atoms with E-state index in [0.29, 0.717) is 6.42 Å². The molecular weight excluding hydrogens is 238 g/mol. The summed E-state index contributed by atoms with van der Waals surface area (Å²) in [4.78, 5) is 19.8. The molecule has 1 atom stereocenters. The Morgan fingerprint density at radius 1 is 1.53 bits per heavy atom. The van der Waals surface area contributed by atoms with Gasteiger partial charge in [0.2, 0.25) is 0 Å². The average Bonchev–Trinajstić information content (AvgIpc) is 2.38. The van der Waals surface area contributed by atoms with E-state index in [-0.39, 0.29) is 5.97 Å². The molecule has 1 aromatic rings. The quantitative estimate of drug-likeness (QED) is 0.467. The SMILES string of the molecule is CNC(C)(CCSc1ncccn1)C(=O)OC. The smallest absolute Gasteiger partial charge is 0.325 e. The topological polar surface area (TPSA) is 64.1 Å². The first-order chi connectivity index (χ1) is 8.12. The van der Waals surface area contributed by atoms with Crippen LogP contribution in [0.25, 0.3) is 0 Å². The van der Waals surface area contributed by atoms with Crippen LogP contribution in [-0.4, -0.2) is 41.4 Å². The second-order valence-corrected chi connectivity index (χ2v) is 4.77. The molecule has 94 valence electrons. The first kappa shape index (κ1) is 13.9. The number of thioether (sulfide) groups is 1. The van der Waals surface area contributed by atoms with Gasteiger partial charge in [0.1, 0.15) is 5.54 Å². The van der Waals surface area contributed by atoms with Gasteiger partial charge >= 0.3 is 5.97 Å². The maximum absolute atomic E-state index is 11.6. The summed E-state index contributed by atoms with van der Waals surface area (Å²) >= 11 is 1.52. The minimum absolute atomic E-state index is 0.255. The van der Waals surface area contributed by atoms with Gasteiger partial charge in [0.25, 0.3) is 0 Å². The van der Waals surface area contributed by atoms with E-state index >= 15 is 0 Å². The minimum Gasteiger partial charge on any atom is -0.468 e. The first-order valence-electron chi connectivity index (χ1n) is 5.29. The van der Waals surface area contributed by atoms with Gasteiger partial charge in [-0.15, -0.1) is 0 Å². The summed E-state index contributed by atoms with van der Waals surface area (Å²) in [5.74, 6) is 0.491. The van der Waals surface area contributed by atoms with Crippen LogP contribution in [0.3, 0.4) is 0 Å². The molecule has 1 unspecified atom stereocenters. The Balaban J connectivity index is 2.46. The van der Waals surface area contributed by atoms with Crippen molar-refractivity contribution in [1.29, 1.82) is 0 Å². The van der Waals surface area contributed by atoms with Crippen molar-refractivity contribution in [3.05, 3.63) is 18.5 Å². The van der Waals surface area contributed by atoms with Crippen molar-refractivity contribution in [3.8, 4) is 0 Å². The molecule has 0 aliphatic rings. The first-order valence-corrected chi connectivity index (χ1v) is 6.28. The molecule has 0 fully saturated rings. The van der Waals surface area contributed by atoms with Crippen LogP contribution in [0.15, 0.2) is 23.6 Å². The van der Waals surface area contributed by atoms with E-state index in [1.54, 1.807) is 25.5 Å². The number of methoxy groups -OCH3 is 1. The molecule has 1 heterocycles. The Labute approximate surface area is 105 Å². The summed E-state index contributed by atoms with van der Waals surface area (Å²) in [6.07, 6.45) is 4.05. The lowest BCUT2D eigenvalue weighted by Crippen LogP contribution is -2.48. The summed E-state index contributed by atoms with van der Waals surface area (Å²) in [5, 5.41) is 3.71. The van der Waals surface area contributed by atoms with Crippen LogP contribution in [0.5, 0.6) is 0 Å². The molecule has 0 radical (unpaired) electrons. The molecule has 0 aromatic carbocycles. The van der Waals surface area contributed by atoms with Crippen LogP contribution < -0.4 is 5.32 Å². The standard InChI is InChI=1S/C11H17N3O2S/c1-11(12-2,9(15)16-3)5-8-17-10-13-6-4-7-14-10/h4,6-7,12H,5,8H2,1-3H3. The molecule has 0 aliphatic carbocycles. The molecule has 0 bridgehead atoms. The summed E-state index contributed by atoms with van der Waals surface area (Å²) < 4.78 is 4.77. The van der Waals surface area contributed by atoms with E-state index in [1.807, 2.05) is 6.92 Å². The highest BCUT2D eigenvalue weighted by atomic mass is 32.2. The fraction of sp³-hybridized carbons (Fsp3) is 0.545. The van der Waals surface area contributed by atoms with Crippen molar-refractivity contribution >= 4 is 17.7 Å². The Morgan fingerprint density at radius 3 is 2.71 bits per heavy atom. The van der Waals surface area contributed by atoms with E-state index in [1.165, 1.54) is 18.9 Å². The minimum atomic E-state index is -0.656. The number of aromatic nitrogens is 2. The molecule has 0 saturated heterocycles. The number of nitrogens with one attached hydrogen (secondary N) is 1. The van der Waals surface area contributed by atoms with Gasteiger partial charge in [0.05, 0.1) is 7.11 Å². The van der Waals surface area contributed by atoms with Gasteiger partial charge in [-0.2, -0.15) is 0 Å². The summed E-state index contributed by atoms with van der Waals surface area (Å²) in [7, 11) is 3.14. The van der Waals surface area contributed by atoms with Crippen LogP contribution in [0, 0.1) is 0 Å². The van der Waals surface area contributed by atoms with E-state index in [2.05, 4.69) is 15.3 Å². The lowest BCUT2D eigenvalue weighted by atomic mass is 10.00. The maximum atomic E-state index is 11.6. The number of ether oxygens (including phenoxy) is 1. The predicted molar refractivity (Wildman–Crippen MR) is 66.9 cm³/mol. The highest BCUT2D eigenvalue weighted by Gasteiger charge is 2.31. The van der Waals surface area contributed by atoms with Crippen molar-refractivity contribution < 1.29 is 9.53 Å². The lowest BCUT2D eigenvalue weighted by Gasteiger charge is -2.25. The fourth-order valence-electron chi connectivity index (χ4n) is 1.26. The Kier molecular flexibility index (Phi) is 5.37. The van der Waals surface area contributed by atoms with Crippen LogP contribution >= 0.6 is 11.8 Å². The average molecular weight is 255 g/mol. The van der Waals surface area contributed by atoms with Crippen molar-refractivity contribution in [2.24, 2.45) is 0 Å². The highest BCUT2D eigenvalue weighted by Crippen LogP contribution is 2.19. The summed E-state index contributed by atoms with van der Waals surface area (Å²) in [6.45, 7) is 1.82. The van der Waals surface area contributed by atoms with E-state index in [9.17, 15) is 4.79 Å². The van der Waals surface area contributed by atoms with E-state index in [0.717, 1.165) is 10.9 Å². The number of esters is 1. The second kappa shape index (κ2) is 6.56. The normalized spacial score (nSPS) is 14.1. The van der Waals surface area contributed by atoms with Crippen LogP contribution in [0.1, 0.15) is 13.3 Å². The zero-order chi connectivity index (χ0) is 12.7. The Morgan fingerprint density at radius 2 is 2.18 bits per heavy atom. The monoisotopic (exact) mass is 255 g/mol. The van der Waals surface area contributed by atoms with E-state index < -0.39 is 5.54 Å². The van der Waals surface area contributed by atoms with Gasteiger partial charge in [-0.3, -0.25) is 4.79 Å². The number of carbonyl (C=O) groups is 1. The molecule has 17 heavy (non-hydrogen) atoms. The van der Waals surface area contributed by atoms with E-state index in [4.69, 9.17) is 4.74 Å².